The predicted octanol–water partition coefficient (Wildman–Crippen LogP) is 3.92. The van der Waals surface area contributed by atoms with E-state index in [0.717, 1.165) is 16.9 Å². The van der Waals surface area contributed by atoms with Gasteiger partial charge in [-0.3, -0.25) is 4.57 Å². The Labute approximate surface area is 161 Å². The lowest BCUT2D eigenvalue weighted by molar-refractivity contribution is 0.206. The molecule has 0 unspecified atom stereocenters. The van der Waals surface area contributed by atoms with Gasteiger partial charge in [-0.25, -0.2) is 14.8 Å². The summed E-state index contributed by atoms with van der Waals surface area (Å²) in [7, 11) is 1.71. The fourth-order valence-electron chi connectivity index (χ4n) is 2.36. The maximum Gasteiger partial charge on any atom is 0.317 e. The minimum absolute atomic E-state index is 0.199. The number of imidazole rings is 1. The molecule has 2 heterocycles. The van der Waals surface area contributed by atoms with Gasteiger partial charge in [0.15, 0.2) is 0 Å². The number of rotatable bonds is 5. The first kappa shape index (κ1) is 18.2. The number of pyridine rings is 1. The molecule has 2 amide bonds. The van der Waals surface area contributed by atoms with Gasteiger partial charge in [-0.1, -0.05) is 35.3 Å². The second-order valence-electron chi connectivity index (χ2n) is 5.75. The third-order valence-electron chi connectivity index (χ3n) is 3.79. The third-order valence-corrected chi connectivity index (χ3v) is 4.38. The zero-order valence-electron chi connectivity index (χ0n) is 14.1. The Morgan fingerprint density at radius 3 is 2.77 bits per heavy atom. The van der Waals surface area contributed by atoms with Crippen LogP contribution in [0.3, 0.4) is 0 Å². The summed E-state index contributed by atoms with van der Waals surface area (Å²) >= 11 is 12.0. The first-order chi connectivity index (χ1) is 12.5. The highest BCUT2D eigenvalue weighted by molar-refractivity contribution is 6.35. The first-order valence-electron chi connectivity index (χ1n) is 7.89. The topological polar surface area (TPSA) is 63.1 Å². The van der Waals surface area contributed by atoms with Crippen molar-refractivity contribution in [3.8, 4) is 5.82 Å². The van der Waals surface area contributed by atoms with Crippen molar-refractivity contribution < 1.29 is 4.79 Å². The van der Waals surface area contributed by atoms with Crippen molar-refractivity contribution in [1.29, 1.82) is 0 Å². The van der Waals surface area contributed by atoms with Crippen molar-refractivity contribution in [3.05, 3.63) is 76.4 Å². The lowest BCUT2D eigenvalue weighted by Gasteiger charge is -2.19. The molecule has 1 aromatic carbocycles. The molecular weight excluding hydrogens is 373 g/mol. The summed E-state index contributed by atoms with van der Waals surface area (Å²) in [5.41, 5.74) is 1.74. The molecule has 2 aromatic heterocycles. The molecule has 0 atom stereocenters. The van der Waals surface area contributed by atoms with Crippen LogP contribution in [-0.2, 0) is 13.1 Å². The number of carbonyl (C=O) groups is 1. The van der Waals surface area contributed by atoms with E-state index in [4.69, 9.17) is 23.2 Å². The fraction of sp³-hybridized carbons (Fsp3) is 0.167. The molecule has 0 aliphatic carbocycles. The van der Waals surface area contributed by atoms with Crippen molar-refractivity contribution >= 4 is 29.2 Å². The molecule has 0 spiro atoms. The molecule has 0 fully saturated rings. The highest BCUT2D eigenvalue weighted by Gasteiger charge is 2.11. The van der Waals surface area contributed by atoms with Crippen molar-refractivity contribution in [1.82, 2.24) is 24.8 Å². The summed E-state index contributed by atoms with van der Waals surface area (Å²) in [6, 6.07) is 8.82. The van der Waals surface area contributed by atoms with Crippen LogP contribution < -0.4 is 5.32 Å². The summed E-state index contributed by atoms with van der Waals surface area (Å²) in [5.74, 6) is 0.770. The third kappa shape index (κ3) is 4.53. The van der Waals surface area contributed by atoms with E-state index in [2.05, 4.69) is 15.3 Å². The van der Waals surface area contributed by atoms with Gasteiger partial charge in [-0.2, -0.15) is 0 Å². The number of aromatic nitrogens is 3. The van der Waals surface area contributed by atoms with Crippen molar-refractivity contribution in [2.75, 3.05) is 7.05 Å². The predicted molar refractivity (Wildman–Crippen MR) is 102 cm³/mol. The number of urea groups is 1. The molecule has 8 heteroatoms. The minimum atomic E-state index is -0.199. The molecule has 1 N–H and O–H groups in total. The molecule has 0 aliphatic heterocycles. The quantitative estimate of drug-likeness (QED) is 0.719. The van der Waals surface area contributed by atoms with Gasteiger partial charge in [-0.15, -0.1) is 0 Å². The number of hydrogen-bond donors (Lipinski definition) is 1. The Morgan fingerprint density at radius 2 is 2.12 bits per heavy atom. The van der Waals surface area contributed by atoms with E-state index in [9.17, 15) is 4.79 Å². The smallest absolute Gasteiger partial charge is 0.317 e. The SMILES string of the molecule is CN(Cc1ccc(Cl)cc1Cl)C(=O)NCc1ccc(-n2ccnc2)nc1. The Morgan fingerprint density at radius 1 is 1.27 bits per heavy atom. The van der Waals surface area contributed by atoms with Crippen molar-refractivity contribution in [2.45, 2.75) is 13.1 Å². The van der Waals surface area contributed by atoms with Crippen LogP contribution in [0.15, 0.2) is 55.2 Å². The van der Waals surface area contributed by atoms with Gasteiger partial charge >= 0.3 is 6.03 Å². The van der Waals surface area contributed by atoms with E-state index >= 15 is 0 Å². The van der Waals surface area contributed by atoms with E-state index in [1.54, 1.807) is 42.8 Å². The van der Waals surface area contributed by atoms with Crippen LogP contribution >= 0.6 is 23.2 Å². The minimum Gasteiger partial charge on any atom is -0.334 e. The van der Waals surface area contributed by atoms with Crippen LogP contribution in [-0.4, -0.2) is 32.5 Å². The average molecular weight is 390 g/mol. The van der Waals surface area contributed by atoms with Gasteiger partial charge in [0.1, 0.15) is 12.1 Å². The molecule has 0 aliphatic rings. The molecule has 0 saturated carbocycles. The first-order valence-corrected chi connectivity index (χ1v) is 8.64. The fourth-order valence-corrected chi connectivity index (χ4v) is 2.83. The molecular formula is C18H17Cl2N5O. The van der Waals surface area contributed by atoms with Crippen LogP contribution in [0.1, 0.15) is 11.1 Å². The molecule has 0 bridgehead atoms. The summed E-state index contributed by atoms with van der Waals surface area (Å²) < 4.78 is 1.81. The molecule has 6 nitrogen and oxygen atoms in total. The number of halogens is 2. The molecule has 0 saturated heterocycles. The summed E-state index contributed by atoms with van der Waals surface area (Å²) in [6.45, 7) is 0.772. The molecule has 134 valence electrons. The maximum atomic E-state index is 12.3. The molecule has 26 heavy (non-hydrogen) atoms. The largest absolute Gasteiger partial charge is 0.334 e. The molecule has 3 aromatic rings. The zero-order chi connectivity index (χ0) is 18.5. The average Bonchev–Trinajstić information content (AvgIpc) is 3.17. The van der Waals surface area contributed by atoms with E-state index in [1.165, 1.54) is 0 Å². The number of carbonyl (C=O) groups excluding carboxylic acids is 1. The monoisotopic (exact) mass is 389 g/mol. The maximum absolute atomic E-state index is 12.3. The number of benzene rings is 1. The molecule has 0 radical (unpaired) electrons. The Kier molecular flexibility index (Phi) is 5.75. The summed E-state index contributed by atoms with van der Waals surface area (Å²) in [4.78, 5) is 22.2. The highest BCUT2D eigenvalue weighted by Crippen LogP contribution is 2.22. The van der Waals surface area contributed by atoms with Gasteiger partial charge in [0.25, 0.3) is 0 Å². The number of amides is 2. The summed E-state index contributed by atoms with van der Waals surface area (Å²) in [5, 5.41) is 3.97. The van der Waals surface area contributed by atoms with Gasteiger partial charge in [0, 0.05) is 48.8 Å². The Balaban J connectivity index is 1.54. The van der Waals surface area contributed by atoms with Crippen LogP contribution in [0, 0.1) is 0 Å². The van der Waals surface area contributed by atoms with Gasteiger partial charge in [-0.05, 0) is 29.3 Å². The number of nitrogens with one attached hydrogen (secondary N) is 1. The van der Waals surface area contributed by atoms with Crippen molar-refractivity contribution in [3.63, 3.8) is 0 Å². The van der Waals surface area contributed by atoms with Crippen LogP contribution in [0.2, 0.25) is 10.0 Å². The lowest BCUT2D eigenvalue weighted by atomic mass is 10.2. The zero-order valence-corrected chi connectivity index (χ0v) is 15.6. The van der Waals surface area contributed by atoms with Crippen LogP contribution in [0.4, 0.5) is 4.79 Å². The number of hydrogen-bond acceptors (Lipinski definition) is 3. The van der Waals surface area contributed by atoms with E-state index in [1.807, 2.05) is 29.0 Å². The van der Waals surface area contributed by atoms with E-state index in [0.29, 0.717) is 23.1 Å². The Hall–Kier alpha value is -2.57. The van der Waals surface area contributed by atoms with Crippen LogP contribution in [0.25, 0.3) is 5.82 Å². The van der Waals surface area contributed by atoms with Crippen LogP contribution in [0.5, 0.6) is 0 Å². The second kappa shape index (κ2) is 8.21. The van der Waals surface area contributed by atoms with Crippen molar-refractivity contribution in [2.24, 2.45) is 0 Å². The molecule has 3 rings (SSSR count). The number of nitrogens with zero attached hydrogens (tertiary/aromatic N) is 4. The van der Waals surface area contributed by atoms with E-state index in [-0.39, 0.29) is 6.03 Å². The second-order valence-corrected chi connectivity index (χ2v) is 6.59. The summed E-state index contributed by atoms with van der Waals surface area (Å²) in [6.07, 6.45) is 6.92. The van der Waals surface area contributed by atoms with Gasteiger partial charge < -0.3 is 10.2 Å². The standard InChI is InChI=1S/C18H17Cl2N5O/c1-24(11-14-3-4-15(19)8-16(14)20)18(26)23-10-13-2-5-17(22-9-13)25-7-6-21-12-25/h2-9,12H,10-11H2,1H3,(H,23,26). The normalized spacial score (nSPS) is 10.6. The highest BCUT2D eigenvalue weighted by atomic mass is 35.5. The Bertz CT molecular complexity index is 881. The lowest BCUT2D eigenvalue weighted by Crippen LogP contribution is -2.36. The van der Waals surface area contributed by atoms with E-state index < -0.39 is 0 Å². The van der Waals surface area contributed by atoms with Gasteiger partial charge in [0.2, 0.25) is 0 Å². The van der Waals surface area contributed by atoms with Gasteiger partial charge in [0.05, 0.1) is 0 Å².